The first-order chi connectivity index (χ1) is 11.1. The second kappa shape index (κ2) is 8.47. The Morgan fingerprint density at radius 3 is 2.30 bits per heavy atom. The molecule has 0 aliphatic rings. The number of hydrogen-bond acceptors (Lipinski definition) is 1. The van der Waals surface area contributed by atoms with Crippen LogP contribution in [0, 0.1) is 5.82 Å². The van der Waals surface area contributed by atoms with E-state index in [1.807, 2.05) is 0 Å². The van der Waals surface area contributed by atoms with Crippen molar-refractivity contribution in [2.24, 2.45) is 0 Å². The first kappa shape index (κ1) is 17.2. The van der Waals surface area contributed by atoms with Gasteiger partial charge < -0.3 is 5.32 Å². The van der Waals surface area contributed by atoms with E-state index in [0.717, 1.165) is 18.4 Å². The Hall–Kier alpha value is -2.16. The van der Waals surface area contributed by atoms with E-state index in [2.05, 4.69) is 37.4 Å². The Kier molecular flexibility index (Phi) is 6.33. The lowest BCUT2D eigenvalue weighted by Crippen LogP contribution is -2.23. The molecule has 0 atom stereocenters. The van der Waals surface area contributed by atoms with Gasteiger partial charge in [-0.1, -0.05) is 44.2 Å². The van der Waals surface area contributed by atoms with E-state index in [4.69, 9.17) is 0 Å². The minimum atomic E-state index is -0.249. The fraction of sp³-hybridized carbons (Fsp3) is 0.350. The van der Waals surface area contributed by atoms with Crippen LogP contribution in [-0.4, -0.2) is 5.91 Å². The predicted molar refractivity (Wildman–Crippen MR) is 91.8 cm³/mol. The summed E-state index contributed by atoms with van der Waals surface area (Å²) in [5.74, 6) is -0.223. The normalized spacial score (nSPS) is 10.6. The van der Waals surface area contributed by atoms with Crippen molar-refractivity contribution in [1.29, 1.82) is 0 Å². The third-order valence-corrected chi connectivity index (χ3v) is 4.09. The summed E-state index contributed by atoms with van der Waals surface area (Å²) in [6.07, 6.45) is 3.00. The zero-order valence-electron chi connectivity index (χ0n) is 13.9. The highest BCUT2D eigenvalue weighted by Crippen LogP contribution is 2.14. The van der Waals surface area contributed by atoms with Gasteiger partial charge in [0.15, 0.2) is 0 Å². The second-order valence-corrected chi connectivity index (χ2v) is 5.71. The van der Waals surface area contributed by atoms with Crippen LogP contribution in [0.15, 0.2) is 42.5 Å². The molecule has 1 amide bonds. The summed E-state index contributed by atoms with van der Waals surface area (Å²) in [6, 6.07) is 12.8. The van der Waals surface area contributed by atoms with Crippen LogP contribution in [-0.2, 0) is 30.6 Å². The largest absolute Gasteiger partial charge is 0.352 e. The Labute approximate surface area is 137 Å². The predicted octanol–water partition coefficient (Wildman–Crippen LogP) is 4.20. The minimum absolute atomic E-state index is 0.0262. The summed E-state index contributed by atoms with van der Waals surface area (Å²) in [5, 5.41) is 2.99. The lowest BCUT2D eigenvalue weighted by molar-refractivity contribution is -0.121. The van der Waals surface area contributed by atoms with Gasteiger partial charge in [-0.05, 0) is 53.6 Å². The molecule has 0 bridgehead atoms. The lowest BCUT2D eigenvalue weighted by Gasteiger charge is -2.11. The fourth-order valence-corrected chi connectivity index (χ4v) is 2.60. The molecular formula is C20H24FNO. The number of hydrogen-bond donors (Lipinski definition) is 1. The van der Waals surface area contributed by atoms with Crippen molar-refractivity contribution in [2.45, 2.75) is 46.1 Å². The highest BCUT2D eigenvalue weighted by Gasteiger charge is 2.06. The molecule has 0 saturated heterocycles. The average Bonchev–Trinajstić information content (AvgIpc) is 2.59. The highest BCUT2D eigenvalue weighted by molar-refractivity contribution is 5.76. The van der Waals surface area contributed by atoms with Crippen LogP contribution in [0.5, 0.6) is 0 Å². The molecule has 2 nitrogen and oxygen atoms in total. The molecule has 0 heterocycles. The molecule has 0 aromatic heterocycles. The van der Waals surface area contributed by atoms with Crippen molar-refractivity contribution in [3.63, 3.8) is 0 Å². The van der Waals surface area contributed by atoms with Crippen LogP contribution >= 0.6 is 0 Å². The van der Waals surface area contributed by atoms with Gasteiger partial charge in [0.2, 0.25) is 5.91 Å². The third-order valence-electron chi connectivity index (χ3n) is 4.09. The number of benzene rings is 2. The molecule has 122 valence electrons. The van der Waals surface area contributed by atoms with Crippen molar-refractivity contribution in [3.05, 3.63) is 70.5 Å². The molecule has 0 aliphatic carbocycles. The average molecular weight is 313 g/mol. The number of rotatable bonds is 7. The van der Waals surface area contributed by atoms with Crippen molar-refractivity contribution in [3.8, 4) is 0 Å². The Bertz CT molecular complexity index is 649. The van der Waals surface area contributed by atoms with Gasteiger partial charge in [-0.2, -0.15) is 0 Å². The molecule has 3 heteroatoms. The summed E-state index contributed by atoms with van der Waals surface area (Å²) in [7, 11) is 0. The molecule has 0 saturated carbocycles. The Balaban J connectivity index is 1.87. The molecule has 0 aliphatic heterocycles. The zero-order chi connectivity index (χ0) is 16.7. The monoisotopic (exact) mass is 313 g/mol. The SMILES string of the molecule is CCc1ccc(CC)c(CNC(=O)CCc2ccc(F)cc2)c1. The quantitative estimate of drug-likeness (QED) is 0.815. The Morgan fingerprint density at radius 1 is 0.957 bits per heavy atom. The number of carbonyl (C=O) groups excluding carboxylic acids is 1. The first-order valence-electron chi connectivity index (χ1n) is 8.24. The standard InChI is InChI=1S/C20H24FNO/c1-3-15-5-9-17(4-2)18(13-15)14-22-20(23)12-8-16-6-10-19(21)11-7-16/h5-7,9-11,13H,3-4,8,12,14H2,1-2H3,(H,22,23). The summed E-state index contributed by atoms with van der Waals surface area (Å²) in [5.41, 5.74) is 4.74. The summed E-state index contributed by atoms with van der Waals surface area (Å²) in [4.78, 5) is 12.0. The molecule has 2 aromatic rings. The maximum atomic E-state index is 12.8. The second-order valence-electron chi connectivity index (χ2n) is 5.71. The highest BCUT2D eigenvalue weighted by atomic mass is 19.1. The number of amides is 1. The Morgan fingerprint density at radius 2 is 1.65 bits per heavy atom. The summed E-state index contributed by atoms with van der Waals surface area (Å²) >= 11 is 0. The van der Waals surface area contributed by atoms with Crippen LogP contribution in [0.25, 0.3) is 0 Å². The van der Waals surface area contributed by atoms with E-state index in [1.54, 1.807) is 12.1 Å². The maximum Gasteiger partial charge on any atom is 0.220 e. The molecule has 0 unspecified atom stereocenters. The van der Waals surface area contributed by atoms with Crippen LogP contribution in [0.3, 0.4) is 0 Å². The summed E-state index contributed by atoms with van der Waals surface area (Å²) in [6.45, 7) is 4.83. The molecule has 1 N–H and O–H groups in total. The van der Waals surface area contributed by atoms with E-state index >= 15 is 0 Å². The number of nitrogens with one attached hydrogen (secondary N) is 1. The maximum absolute atomic E-state index is 12.8. The smallest absolute Gasteiger partial charge is 0.220 e. The van der Waals surface area contributed by atoms with Crippen LogP contribution in [0.2, 0.25) is 0 Å². The van der Waals surface area contributed by atoms with E-state index in [1.165, 1.54) is 28.8 Å². The number of aryl methyl sites for hydroxylation is 3. The van der Waals surface area contributed by atoms with Crippen molar-refractivity contribution < 1.29 is 9.18 Å². The van der Waals surface area contributed by atoms with Gasteiger partial charge in [0.25, 0.3) is 0 Å². The van der Waals surface area contributed by atoms with Gasteiger partial charge in [0.1, 0.15) is 5.82 Å². The molecule has 0 fully saturated rings. The van der Waals surface area contributed by atoms with Crippen molar-refractivity contribution >= 4 is 5.91 Å². The summed E-state index contributed by atoms with van der Waals surface area (Å²) < 4.78 is 12.8. The van der Waals surface area contributed by atoms with E-state index in [9.17, 15) is 9.18 Å². The molecular weight excluding hydrogens is 289 g/mol. The van der Waals surface area contributed by atoms with Gasteiger partial charge in [-0.15, -0.1) is 0 Å². The fourth-order valence-electron chi connectivity index (χ4n) is 2.60. The molecule has 23 heavy (non-hydrogen) atoms. The van der Waals surface area contributed by atoms with Gasteiger partial charge in [-0.3, -0.25) is 4.79 Å². The zero-order valence-corrected chi connectivity index (χ0v) is 13.9. The van der Waals surface area contributed by atoms with Crippen LogP contribution < -0.4 is 5.32 Å². The van der Waals surface area contributed by atoms with Gasteiger partial charge in [-0.25, -0.2) is 4.39 Å². The van der Waals surface area contributed by atoms with E-state index < -0.39 is 0 Å². The first-order valence-corrected chi connectivity index (χ1v) is 8.24. The number of halogens is 1. The number of carbonyl (C=O) groups is 1. The van der Waals surface area contributed by atoms with Gasteiger partial charge in [0, 0.05) is 13.0 Å². The minimum Gasteiger partial charge on any atom is -0.352 e. The molecule has 2 aromatic carbocycles. The van der Waals surface area contributed by atoms with Crippen molar-refractivity contribution in [1.82, 2.24) is 5.32 Å². The van der Waals surface area contributed by atoms with Gasteiger partial charge in [0.05, 0.1) is 0 Å². The van der Waals surface area contributed by atoms with E-state index in [-0.39, 0.29) is 11.7 Å². The molecule has 0 spiro atoms. The molecule has 2 rings (SSSR count). The van der Waals surface area contributed by atoms with E-state index in [0.29, 0.717) is 19.4 Å². The van der Waals surface area contributed by atoms with Gasteiger partial charge >= 0.3 is 0 Å². The lowest BCUT2D eigenvalue weighted by atomic mass is 10.0. The molecule has 0 radical (unpaired) electrons. The van der Waals surface area contributed by atoms with Crippen LogP contribution in [0.4, 0.5) is 4.39 Å². The third kappa shape index (κ3) is 5.20. The van der Waals surface area contributed by atoms with Crippen LogP contribution in [0.1, 0.15) is 42.5 Å². The topological polar surface area (TPSA) is 29.1 Å². The van der Waals surface area contributed by atoms with Crippen molar-refractivity contribution in [2.75, 3.05) is 0 Å².